The van der Waals surface area contributed by atoms with E-state index in [9.17, 15) is 4.79 Å². The van der Waals surface area contributed by atoms with Crippen LogP contribution in [0.5, 0.6) is 0 Å². The molecule has 0 aliphatic carbocycles. The number of carbonyl (C=O) groups is 1. The zero-order valence-electron chi connectivity index (χ0n) is 19.9. The van der Waals surface area contributed by atoms with E-state index in [-0.39, 0.29) is 24.3 Å². The lowest BCUT2D eigenvalue weighted by molar-refractivity contribution is -0.156. The van der Waals surface area contributed by atoms with Gasteiger partial charge in [-0.2, -0.15) is 0 Å². The summed E-state index contributed by atoms with van der Waals surface area (Å²) in [5.41, 5.74) is 1.77. The lowest BCUT2D eigenvalue weighted by Crippen LogP contribution is -2.40. The second-order valence-corrected chi connectivity index (χ2v) is 14.4. The van der Waals surface area contributed by atoms with Crippen LogP contribution < -0.4 is 0 Å². The molecule has 1 aliphatic heterocycles. The largest absolute Gasteiger partial charge is 0.463 e. The topological polar surface area (TPSA) is 44.8 Å². The first-order valence-electron chi connectivity index (χ1n) is 11.3. The minimum absolute atomic E-state index is 0.0190. The van der Waals surface area contributed by atoms with Crippen molar-refractivity contribution in [3.8, 4) is 0 Å². The summed E-state index contributed by atoms with van der Waals surface area (Å²) in [4.78, 5) is 12.0. The van der Waals surface area contributed by atoms with Crippen molar-refractivity contribution in [1.82, 2.24) is 0 Å². The van der Waals surface area contributed by atoms with E-state index in [4.69, 9.17) is 13.9 Å². The van der Waals surface area contributed by atoms with Gasteiger partial charge in [0.2, 0.25) is 0 Å². The fourth-order valence-corrected chi connectivity index (χ4v) is 6.75. The summed E-state index contributed by atoms with van der Waals surface area (Å²) >= 11 is 0. The molecule has 29 heavy (non-hydrogen) atoms. The molecular weight excluding hydrogens is 380 g/mol. The molecule has 0 unspecified atom stereocenters. The lowest BCUT2D eigenvalue weighted by atomic mass is 9.97. The van der Waals surface area contributed by atoms with Gasteiger partial charge in [-0.05, 0) is 70.7 Å². The minimum Gasteiger partial charge on any atom is -0.463 e. The number of hydrogen-bond acceptors (Lipinski definition) is 4. The molecule has 0 bridgehead atoms. The minimum atomic E-state index is -1.66. The first kappa shape index (κ1) is 26.1. The Hall–Kier alpha value is -0.913. The van der Waals surface area contributed by atoms with Crippen molar-refractivity contribution in [3.05, 3.63) is 24.3 Å². The Labute approximate surface area is 180 Å². The average molecular weight is 425 g/mol. The van der Waals surface area contributed by atoms with Crippen molar-refractivity contribution in [2.45, 2.75) is 111 Å². The molecule has 0 saturated carbocycles. The van der Waals surface area contributed by atoms with Crippen LogP contribution >= 0.6 is 0 Å². The molecular formula is C24H44O4Si. The van der Waals surface area contributed by atoms with Gasteiger partial charge in [0.05, 0.1) is 17.6 Å². The maximum absolute atomic E-state index is 12.0. The van der Waals surface area contributed by atoms with Crippen LogP contribution in [0, 0.1) is 5.41 Å². The molecule has 1 rings (SSSR count). The molecule has 0 spiro atoms. The van der Waals surface area contributed by atoms with Gasteiger partial charge in [-0.3, -0.25) is 4.79 Å². The van der Waals surface area contributed by atoms with Crippen LogP contribution in [0.4, 0.5) is 0 Å². The fraction of sp³-hybridized carbons (Fsp3) is 0.792. The molecule has 1 aliphatic rings. The molecule has 3 atom stereocenters. The van der Waals surface area contributed by atoms with Gasteiger partial charge < -0.3 is 13.9 Å². The van der Waals surface area contributed by atoms with Gasteiger partial charge in [-0.1, -0.05) is 32.9 Å². The van der Waals surface area contributed by atoms with Crippen LogP contribution in [0.3, 0.4) is 0 Å². The summed E-state index contributed by atoms with van der Waals surface area (Å²) in [5.74, 6) is -0.190. The number of esters is 1. The predicted molar refractivity (Wildman–Crippen MR) is 124 cm³/mol. The standard InChI is InChI=1S/C24H44O4Si/c1-10-29(11-2,12-3)28-20(15-18(4)5)13-14-22-19(6)16-21(27-22)17-26-23(25)24(7,8)9/h20-22H,4,6,10-17H2,1-3,5,7-9H3/t20-,21+,22-/m0/s1. The highest BCUT2D eigenvalue weighted by Crippen LogP contribution is 2.32. The van der Waals surface area contributed by atoms with Crippen molar-refractivity contribution >= 4 is 14.3 Å². The molecule has 0 aromatic heterocycles. The van der Waals surface area contributed by atoms with E-state index in [1.54, 1.807) is 0 Å². The van der Waals surface area contributed by atoms with Crippen LogP contribution in [0.2, 0.25) is 18.1 Å². The van der Waals surface area contributed by atoms with Crippen LogP contribution in [-0.4, -0.2) is 39.2 Å². The molecule has 5 heteroatoms. The Morgan fingerprint density at radius 2 is 1.83 bits per heavy atom. The molecule has 1 fully saturated rings. The van der Waals surface area contributed by atoms with Crippen LogP contribution in [0.15, 0.2) is 24.3 Å². The normalized spacial score (nSPS) is 21.3. The van der Waals surface area contributed by atoms with Crippen LogP contribution in [0.1, 0.15) is 74.1 Å². The highest BCUT2D eigenvalue weighted by atomic mass is 28.4. The predicted octanol–water partition coefficient (Wildman–Crippen LogP) is 6.43. The van der Waals surface area contributed by atoms with Gasteiger partial charge in [-0.15, -0.1) is 6.58 Å². The summed E-state index contributed by atoms with van der Waals surface area (Å²) < 4.78 is 18.4. The van der Waals surface area contributed by atoms with Gasteiger partial charge in [-0.25, -0.2) is 0 Å². The Balaban J connectivity index is 2.62. The molecule has 1 saturated heterocycles. The highest BCUT2D eigenvalue weighted by molar-refractivity contribution is 6.73. The summed E-state index contributed by atoms with van der Waals surface area (Å²) in [5, 5.41) is 0. The van der Waals surface area contributed by atoms with Crippen molar-refractivity contribution in [1.29, 1.82) is 0 Å². The summed E-state index contributed by atoms with van der Waals surface area (Å²) in [6.07, 6.45) is 3.63. The van der Waals surface area contributed by atoms with Crippen molar-refractivity contribution < 1.29 is 18.7 Å². The van der Waals surface area contributed by atoms with E-state index in [1.165, 1.54) is 5.57 Å². The Kier molecular flexibility index (Phi) is 10.3. The second-order valence-electron chi connectivity index (χ2n) is 9.68. The maximum Gasteiger partial charge on any atom is 0.311 e. The van der Waals surface area contributed by atoms with Crippen LogP contribution in [-0.2, 0) is 18.7 Å². The van der Waals surface area contributed by atoms with Gasteiger partial charge in [0.25, 0.3) is 0 Å². The summed E-state index contributed by atoms with van der Waals surface area (Å²) in [7, 11) is -1.66. The Morgan fingerprint density at radius 3 is 2.31 bits per heavy atom. The zero-order valence-corrected chi connectivity index (χ0v) is 20.9. The molecule has 0 aromatic rings. The van der Waals surface area contributed by atoms with E-state index in [2.05, 4.69) is 40.9 Å². The number of ether oxygens (including phenoxy) is 2. The second kappa shape index (κ2) is 11.5. The highest BCUT2D eigenvalue weighted by Gasteiger charge is 2.34. The van der Waals surface area contributed by atoms with Gasteiger partial charge in [0, 0.05) is 12.5 Å². The van der Waals surface area contributed by atoms with Crippen molar-refractivity contribution in [3.63, 3.8) is 0 Å². The molecule has 0 aromatic carbocycles. The molecule has 168 valence electrons. The van der Waals surface area contributed by atoms with E-state index in [1.807, 2.05) is 20.8 Å². The smallest absolute Gasteiger partial charge is 0.311 e. The van der Waals surface area contributed by atoms with Gasteiger partial charge in [0.1, 0.15) is 6.61 Å². The quantitative estimate of drug-likeness (QED) is 0.206. The summed E-state index contributed by atoms with van der Waals surface area (Å²) in [6, 6.07) is 3.46. The number of rotatable bonds is 12. The Bertz CT molecular complexity index is 551. The third-order valence-corrected chi connectivity index (χ3v) is 10.7. The monoisotopic (exact) mass is 424 g/mol. The lowest BCUT2D eigenvalue weighted by Gasteiger charge is -2.34. The number of hydrogen-bond donors (Lipinski definition) is 0. The van der Waals surface area contributed by atoms with Crippen molar-refractivity contribution in [2.75, 3.05) is 6.61 Å². The fourth-order valence-electron chi connectivity index (χ4n) is 3.84. The van der Waals surface area contributed by atoms with E-state index < -0.39 is 13.7 Å². The first-order valence-corrected chi connectivity index (χ1v) is 13.8. The average Bonchev–Trinajstić information content (AvgIpc) is 3.00. The molecule has 1 heterocycles. The third kappa shape index (κ3) is 8.39. The zero-order chi connectivity index (χ0) is 22.2. The number of carbonyl (C=O) groups excluding carboxylic acids is 1. The molecule has 4 nitrogen and oxygen atoms in total. The maximum atomic E-state index is 12.0. The van der Waals surface area contributed by atoms with Gasteiger partial charge >= 0.3 is 5.97 Å². The molecule has 0 amide bonds. The van der Waals surface area contributed by atoms with Gasteiger partial charge in [0.15, 0.2) is 8.32 Å². The van der Waals surface area contributed by atoms with Crippen LogP contribution in [0.25, 0.3) is 0 Å². The van der Waals surface area contributed by atoms with E-state index in [0.717, 1.165) is 49.4 Å². The third-order valence-electron chi connectivity index (χ3n) is 5.99. The Morgan fingerprint density at radius 1 is 1.24 bits per heavy atom. The summed E-state index contributed by atoms with van der Waals surface area (Å²) in [6.45, 7) is 23.1. The van der Waals surface area contributed by atoms with E-state index in [0.29, 0.717) is 6.61 Å². The van der Waals surface area contributed by atoms with E-state index >= 15 is 0 Å². The SMILES string of the molecule is C=C(C)C[C@H](CC[C@@H]1O[C@@H](COC(=O)C(C)(C)C)CC1=C)O[Si](CC)(CC)CC. The molecule has 0 radical (unpaired) electrons. The molecule has 0 N–H and O–H groups in total. The first-order chi connectivity index (χ1) is 13.5. The van der Waals surface area contributed by atoms with Crippen molar-refractivity contribution in [2.24, 2.45) is 5.41 Å².